The average Bonchev–Trinajstić information content (AvgIpc) is 2.57. The molecule has 0 aromatic heterocycles. The van der Waals surface area contributed by atoms with Gasteiger partial charge in [-0.3, -0.25) is 0 Å². The highest BCUT2D eigenvalue weighted by Gasteiger charge is 2.48. The molecule has 2 rings (SSSR count). The van der Waals surface area contributed by atoms with E-state index in [2.05, 4.69) is 13.8 Å². The molecule has 1 aliphatic heterocycles. The third-order valence-electron chi connectivity index (χ3n) is 3.86. The second-order valence-corrected chi connectivity index (χ2v) is 4.68. The number of hydrogen-bond donors (Lipinski definition) is 0. The Morgan fingerprint density at radius 3 is 2.43 bits per heavy atom. The topological polar surface area (TPSA) is 18.5 Å². The van der Waals surface area contributed by atoms with Crippen LogP contribution in [-0.4, -0.2) is 19.0 Å². The molecule has 1 aliphatic carbocycles. The fraction of sp³-hybridized carbons (Fsp3) is 1.00. The van der Waals surface area contributed by atoms with Gasteiger partial charge in [-0.25, -0.2) is 0 Å². The summed E-state index contributed by atoms with van der Waals surface area (Å²) in [4.78, 5) is 0. The van der Waals surface area contributed by atoms with Crippen LogP contribution in [0.2, 0.25) is 0 Å². The Morgan fingerprint density at radius 2 is 1.86 bits per heavy atom. The zero-order chi connectivity index (χ0) is 10.0. The molecule has 2 nitrogen and oxygen atoms in total. The van der Waals surface area contributed by atoms with Crippen molar-refractivity contribution in [1.82, 2.24) is 0 Å². The van der Waals surface area contributed by atoms with Gasteiger partial charge in [0.1, 0.15) is 0 Å². The minimum absolute atomic E-state index is 0.187. The molecule has 2 aliphatic rings. The smallest absolute Gasteiger partial charge is 0.171 e. The average molecular weight is 198 g/mol. The van der Waals surface area contributed by atoms with Crippen molar-refractivity contribution in [2.24, 2.45) is 11.8 Å². The van der Waals surface area contributed by atoms with Crippen LogP contribution in [0, 0.1) is 11.8 Å². The molecule has 0 bridgehead atoms. The highest BCUT2D eigenvalue weighted by atomic mass is 16.7. The summed E-state index contributed by atoms with van der Waals surface area (Å²) in [5.74, 6) is 1.26. The van der Waals surface area contributed by atoms with Gasteiger partial charge in [0.15, 0.2) is 5.79 Å². The third-order valence-corrected chi connectivity index (χ3v) is 3.86. The van der Waals surface area contributed by atoms with Crippen LogP contribution in [0.25, 0.3) is 0 Å². The van der Waals surface area contributed by atoms with E-state index in [0.717, 1.165) is 32.0 Å². The predicted molar refractivity (Wildman–Crippen MR) is 56.0 cm³/mol. The molecule has 0 aromatic carbocycles. The van der Waals surface area contributed by atoms with E-state index in [-0.39, 0.29) is 5.79 Å². The Morgan fingerprint density at radius 1 is 1.14 bits per heavy atom. The lowest BCUT2D eigenvalue weighted by atomic mass is 9.98. The minimum atomic E-state index is -0.187. The molecule has 2 atom stereocenters. The van der Waals surface area contributed by atoms with Crippen LogP contribution < -0.4 is 0 Å². The van der Waals surface area contributed by atoms with Crippen molar-refractivity contribution in [2.75, 3.05) is 13.2 Å². The molecule has 1 spiro atoms. The molecule has 1 saturated heterocycles. The summed E-state index contributed by atoms with van der Waals surface area (Å²) in [6.07, 6.45) is 5.95. The summed E-state index contributed by atoms with van der Waals surface area (Å²) in [7, 11) is 0. The van der Waals surface area contributed by atoms with Crippen LogP contribution in [0.1, 0.15) is 46.0 Å². The van der Waals surface area contributed by atoms with Crippen LogP contribution in [0.5, 0.6) is 0 Å². The zero-order valence-corrected chi connectivity index (χ0v) is 9.42. The summed E-state index contributed by atoms with van der Waals surface area (Å²) in [6.45, 7) is 6.32. The second-order valence-electron chi connectivity index (χ2n) is 4.68. The van der Waals surface area contributed by atoms with Crippen LogP contribution in [0.15, 0.2) is 0 Å². The van der Waals surface area contributed by atoms with Gasteiger partial charge >= 0.3 is 0 Å². The van der Waals surface area contributed by atoms with Crippen LogP contribution >= 0.6 is 0 Å². The first kappa shape index (κ1) is 10.4. The Balaban J connectivity index is 2.07. The fourth-order valence-corrected chi connectivity index (χ4v) is 2.97. The minimum Gasteiger partial charge on any atom is -0.350 e. The first-order valence-corrected chi connectivity index (χ1v) is 6.08. The molecule has 1 heterocycles. The van der Waals surface area contributed by atoms with Gasteiger partial charge < -0.3 is 9.47 Å². The predicted octanol–water partition coefficient (Wildman–Crippen LogP) is 2.97. The normalized spacial score (nSPS) is 36.4. The van der Waals surface area contributed by atoms with Crippen molar-refractivity contribution in [1.29, 1.82) is 0 Å². The van der Waals surface area contributed by atoms with Gasteiger partial charge in [0.05, 0.1) is 13.2 Å². The van der Waals surface area contributed by atoms with Gasteiger partial charge in [0.2, 0.25) is 0 Å². The van der Waals surface area contributed by atoms with Crippen molar-refractivity contribution in [3.05, 3.63) is 0 Å². The van der Waals surface area contributed by atoms with Crippen LogP contribution in [0.4, 0.5) is 0 Å². The molecule has 2 heteroatoms. The molecule has 0 N–H and O–H groups in total. The summed E-state index contributed by atoms with van der Waals surface area (Å²) in [5.41, 5.74) is 0. The zero-order valence-electron chi connectivity index (χ0n) is 9.42. The molecule has 0 aromatic rings. The van der Waals surface area contributed by atoms with Crippen molar-refractivity contribution in [3.63, 3.8) is 0 Å². The van der Waals surface area contributed by atoms with Crippen LogP contribution in [-0.2, 0) is 9.47 Å². The molecule has 2 unspecified atom stereocenters. The van der Waals surface area contributed by atoms with Crippen molar-refractivity contribution in [2.45, 2.75) is 51.7 Å². The Hall–Kier alpha value is -0.0800. The lowest BCUT2D eigenvalue weighted by molar-refractivity contribution is -0.285. The SMILES string of the molecule is CCC1CC(CC)C2(C1)OCCCO2. The van der Waals surface area contributed by atoms with Gasteiger partial charge in [-0.2, -0.15) is 0 Å². The lowest BCUT2D eigenvalue weighted by Crippen LogP contribution is -2.43. The molecule has 0 amide bonds. The quantitative estimate of drug-likeness (QED) is 0.679. The van der Waals surface area contributed by atoms with E-state index in [4.69, 9.17) is 9.47 Å². The molecule has 14 heavy (non-hydrogen) atoms. The molecule has 82 valence electrons. The second kappa shape index (κ2) is 4.19. The Labute approximate surface area is 87.0 Å². The first-order valence-electron chi connectivity index (χ1n) is 6.08. The number of hydrogen-bond acceptors (Lipinski definition) is 2. The van der Waals surface area contributed by atoms with E-state index in [1.165, 1.54) is 19.3 Å². The molecule has 2 fully saturated rings. The molecular weight excluding hydrogens is 176 g/mol. The fourth-order valence-electron chi connectivity index (χ4n) is 2.97. The van der Waals surface area contributed by atoms with Gasteiger partial charge in [-0.15, -0.1) is 0 Å². The van der Waals surface area contributed by atoms with Crippen LogP contribution in [0.3, 0.4) is 0 Å². The molecule has 1 saturated carbocycles. The van der Waals surface area contributed by atoms with Crippen molar-refractivity contribution >= 4 is 0 Å². The van der Waals surface area contributed by atoms with E-state index in [1.807, 2.05) is 0 Å². The van der Waals surface area contributed by atoms with Gasteiger partial charge in [0.25, 0.3) is 0 Å². The maximum Gasteiger partial charge on any atom is 0.171 e. The maximum absolute atomic E-state index is 5.94. The first-order chi connectivity index (χ1) is 6.80. The highest BCUT2D eigenvalue weighted by Crippen LogP contribution is 2.47. The summed E-state index contributed by atoms with van der Waals surface area (Å²) in [5, 5.41) is 0. The van der Waals surface area contributed by atoms with Crippen molar-refractivity contribution < 1.29 is 9.47 Å². The third kappa shape index (κ3) is 1.70. The van der Waals surface area contributed by atoms with E-state index >= 15 is 0 Å². The summed E-state index contributed by atoms with van der Waals surface area (Å²) >= 11 is 0. The van der Waals surface area contributed by atoms with E-state index in [0.29, 0.717) is 5.92 Å². The maximum atomic E-state index is 5.94. The number of ether oxygens (including phenoxy) is 2. The summed E-state index contributed by atoms with van der Waals surface area (Å²) < 4.78 is 11.9. The summed E-state index contributed by atoms with van der Waals surface area (Å²) in [6, 6.07) is 0. The highest BCUT2D eigenvalue weighted by molar-refractivity contribution is 4.91. The Bertz CT molecular complexity index is 185. The molecular formula is C12H22O2. The van der Waals surface area contributed by atoms with E-state index in [1.54, 1.807) is 0 Å². The standard InChI is InChI=1S/C12H22O2/c1-3-10-8-11(4-2)12(9-10)13-6-5-7-14-12/h10-11H,3-9H2,1-2H3. The lowest BCUT2D eigenvalue weighted by Gasteiger charge is -2.38. The molecule has 0 radical (unpaired) electrons. The van der Waals surface area contributed by atoms with Gasteiger partial charge in [0, 0.05) is 12.3 Å². The largest absolute Gasteiger partial charge is 0.350 e. The Kier molecular flexibility index (Phi) is 3.13. The van der Waals surface area contributed by atoms with E-state index < -0.39 is 0 Å². The van der Waals surface area contributed by atoms with E-state index in [9.17, 15) is 0 Å². The van der Waals surface area contributed by atoms with Crippen molar-refractivity contribution in [3.8, 4) is 0 Å². The van der Waals surface area contributed by atoms with Gasteiger partial charge in [-0.1, -0.05) is 20.3 Å². The number of rotatable bonds is 2. The monoisotopic (exact) mass is 198 g/mol. The van der Waals surface area contributed by atoms with Gasteiger partial charge in [-0.05, 0) is 25.2 Å².